The number of aryl methyl sites for hydroxylation is 1. The van der Waals surface area contributed by atoms with Crippen molar-refractivity contribution in [2.24, 2.45) is 0 Å². The first-order valence-corrected chi connectivity index (χ1v) is 6.13. The molecule has 0 fully saturated rings. The molecule has 0 aliphatic rings. The van der Waals surface area contributed by atoms with Gasteiger partial charge in [0.1, 0.15) is 5.82 Å². The van der Waals surface area contributed by atoms with Crippen molar-refractivity contribution in [1.29, 1.82) is 0 Å². The molecule has 0 aliphatic heterocycles. The fourth-order valence-corrected chi connectivity index (χ4v) is 1.50. The fraction of sp³-hybridized carbons (Fsp3) is 0.727. The number of aromatic amines is 1. The standard InChI is InChI=1S/C11H21N5O/c1-4-9-13-10(15-14-9)11(17)12-7-8-16(5-2)6-3/h4-8H2,1-3H3,(H,12,17)(H,13,14,15). The van der Waals surface area contributed by atoms with Gasteiger partial charge < -0.3 is 10.2 Å². The summed E-state index contributed by atoms with van der Waals surface area (Å²) in [4.78, 5) is 18.0. The van der Waals surface area contributed by atoms with Crippen LogP contribution in [-0.4, -0.2) is 52.2 Å². The number of likely N-dealkylation sites (N-methyl/N-ethyl adjacent to an activating group) is 1. The molecule has 1 rings (SSSR count). The molecule has 17 heavy (non-hydrogen) atoms. The van der Waals surface area contributed by atoms with Crippen LogP contribution < -0.4 is 5.32 Å². The Balaban J connectivity index is 2.34. The summed E-state index contributed by atoms with van der Waals surface area (Å²) in [6.45, 7) is 9.63. The summed E-state index contributed by atoms with van der Waals surface area (Å²) < 4.78 is 0. The maximum atomic E-state index is 11.7. The van der Waals surface area contributed by atoms with E-state index in [2.05, 4.69) is 39.2 Å². The Morgan fingerprint density at radius 2 is 2.06 bits per heavy atom. The van der Waals surface area contributed by atoms with E-state index < -0.39 is 0 Å². The number of nitrogens with one attached hydrogen (secondary N) is 2. The molecule has 0 saturated heterocycles. The molecular weight excluding hydrogens is 218 g/mol. The zero-order chi connectivity index (χ0) is 12.7. The molecule has 1 aromatic rings. The minimum absolute atomic E-state index is 0.215. The molecular formula is C11H21N5O. The molecule has 6 heteroatoms. The van der Waals surface area contributed by atoms with Gasteiger partial charge in [-0.2, -0.15) is 0 Å². The van der Waals surface area contributed by atoms with Crippen molar-refractivity contribution >= 4 is 5.91 Å². The van der Waals surface area contributed by atoms with Crippen molar-refractivity contribution < 1.29 is 4.79 Å². The van der Waals surface area contributed by atoms with Gasteiger partial charge in [0.2, 0.25) is 5.82 Å². The van der Waals surface area contributed by atoms with E-state index in [-0.39, 0.29) is 11.7 Å². The highest BCUT2D eigenvalue weighted by molar-refractivity contribution is 5.90. The normalized spacial score (nSPS) is 10.8. The van der Waals surface area contributed by atoms with E-state index in [1.165, 1.54) is 0 Å². The summed E-state index contributed by atoms with van der Waals surface area (Å²) in [5.41, 5.74) is 0. The Morgan fingerprint density at radius 1 is 1.35 bits per heavy atom. The third-order valence-corrected chi connectivity index (χ3v) is 2.68. The molecule has 1 amide bonds. The lowest BCUT2D eigenvalue weighted by Gasteiger charge is -2.17. The lowest BCUT2D eigenvalue weighted by Crippen LogP contribution is -2.35. The number of hydrogen-bond acceptors (Lipinski definition) is 4. The van der Waals surface area contributed by atoms with E-state index >= 15 is 0 Å². The quantitative estimate of drug-likeness (QED) is 0.724. The molecule has 2 N–H and O–H groups in total. The smallest absolute Gasteiger partial charge is 0.291 e. The first-order chi connectivity index (χ1) is 8.21. The minimum Gasteiger partial charge on any atom is -0.348 e. The third kappa shape index (κ3) is 4.14. The van der Waals surface area contributed by atoms with Crippen LogP contribution in [0.1, 0.15) is 37.2 Å². The Bertz CT molecular complexity index is 345. The van der Waals surface area contributed by atoms with E-state index in [9.17, 15) is 4.79 Å². The van der Waals surface area contributed by atoms with Crippen molar-refractivity contribution in [2.45, 2.75) is 27.2 Å². The van der Waals surface area contributed by atoms with Crippen molar-refractivity contribution in [3.05, 3.63) is 11.6 Å². The van der Waals surface area contributed by atoms with Crippen LogP contribution in [0.4, 0.5) is 0 Å². The highest BCUT2D eigenvalue weighted by atomic mass is 16.2. The number of carbonyl (C=O) groups excluding carboxylic acids is 1. The average molecular weight is 239 g/mol. The summed E-state index contributed by atoms with van der Waals surface area (Å²) >= 11 is 0. The van der Waals surface area contributed by atoms with Crippen LogP contribution in [-0.2, 0) is 6.42 Å². The van der Waals surface area contributed by atoms with Crippen LogP contribution in [0.5, 0.6) is 0 Å². The van der Waals surface area contributed by atoms with E-state index in [0.717, 1.165) is 31.9 Å². The molecule has 0 saturated carbocycles. The SMILES string of the molecule is CCc1nc(C(=O)NCCN(CC)CC)n[nH]1. The van der Waals surface area contributed by atoms with Gasteiger partial charge in [-0.3, -0.25) is 9.89 Å². The zero-order valence-electron chi connectivity index (χ0n) is 10.8. The maximum absolute atomic E-state index is 11.7. The van der Waals surface area contributed by atoms with Gasteiger partial charge in [0.25, 0.3) is 5.91 Å². The predicted octanol–water partition coefficient (Wildman–Crippen LogP) is 0.439. The number of hydrogen-bond donors (Lipinski definition) is 2. The van der Waals surface area contributed by atoms with Crippen LogP contribution in [0.2, 0.25) is 0 Å². The van der Waals surface area contributed by atoms with Crippen LogP contribution in [0.15, 0.2) is 0 Å². The zero-order valence-corrected chi connectivity index (χ0v) is 10.8. The van der Waals surface area contributed by atoms with E-state index in [0.29, 0.717) is 6.54 Å². The predicted molar refractivity (Wildman–Crippen MR) is 65.9 cm³/mol. The summed E-state index contributed by atoms with van der Waals surface area (Å²) in [5, 5.41) is 9.40. The number of H-pyrrole nitrogens is 1. The number of carbonyl (C=O) groups is 1. The Labute approximate surface area is 102 Å². The van der Waals surface area contributed by atoms with Gasteiger partial charge in [-0.1, -0.05) is 20.8 Å². The number of aromatic nitrogens is 3. The van der Waals surface area contributed by atoms with E-state index in [1.807, 2.05) is 6.92 Å². The van der Waals surface area contributed by atoms with E-state index in [4.69, 9.17) is 0 Å². The van der Waals surface area contributed by atoms with Crippen LogP contribution in [0.25, 0.3) is 0 Å². The molecule has 0 unspecified atom stereocenters. The number of nitrogens with zero attached hydrogens (tertiary/aromatic N) is 3. The van der Waals surface area contributed by atoms with Gasteiger partial charge >= 0.3 is 0 Å². The second-order valence-corrected chi connectivity index (χ2v) is 3.74. The number of rotatable bonds is 7. The maximum Gasteiger partial charge on any atom is 0.291 e. The van der Waals surface area contributed by atoms with Gasteiger partial charge in [0.15, 0.2) is 0 Å². The van der Waals surface area contributed by atoms with Gasteiger partial charge in [-0.05, 0) is 13.1 Å². The second-order valence-electron chi connectivity index (χ2n) is 3.74. The van der Waals surface area contributed by atoms with Crippen molar-refractivity contribution in [3.63, 3.8) is 0 Å². The molecule has 1 heterocycles. The summed E-state index contributed by atoms with van der Waals surface area (Å²) in [7, 11) is 0. The van der Waals surface area contributed by atoms with Crippen molar-refractivity contribution in [3.8, 4) is 0 Å². The topological polar surface area (TPSA) is 73.9 Å². The third-order valence-electron chi connectivity index (χ3n) is 2.68. The first-order valence-electron chi connectivity index (χ1n) is 6.13. The summed E-state index contributed by atoms with van der Waals surface area (Å²) in [6, 6.07) is 0. The van der Waals surface area contributed by atoms with Crippen molar-refractivity contribution in [2.75, 3.05) is 26.2 Å². The molecule has 0 spiro atoms. The molecule has 0 bridgehead atoms. The molecule has 0 atom stereocenters. The highest BCUT2D eigenvalue weighted by Crippen LogP contribution is 1.93. The summed E-state index contributed by atoms with van der Waals surface area (Å²) in [5.74, 6) is 0.744. The first kappa shape index (κ1) is 13.6. The monoisotopic (exact) mass is 239 g/mol. The average Bonchev–Trinajstić information content (AvgIpc) is 2.83. The van der Waals surface area contributed by atoms with Crippen molar-refractivity contribution in [1.82, 2.24) is 25.4 Å². The molecule has 0 radical (unpaired) electrons. The lowest BCUT2D eigenvalue weighted by molar-refractivity contribution is 0.0939. The van der Waals surface area contributed by atoms with E-state index in [1.54, 1.807) is 0 Å². The Kier molecular flexibility index (Phi) is 5.62. The molecule has 96 valence electrons. The molecule has 1 aromatic heterocycles. The number of amides is 1. The Morgan fingerprint density at radius 3 is 2.59 bits per heavy atom. The lowest BCUT2D eigenvalue weighted by atomic mass is 10.4. The van der Waals surface area contributed by atoms with Crippen LogP contribution in [0.3, 0.4) is 0 Å². The largest absolute Gasteiger partial charge is 0.348 e. The summed E-state index contributed by atoms with van der Waals surface area (Å²) in [6.07, 6.45) is 0.750. The molecule has 0 aliphatic carbocycles. The highest BCUT2D eigenvalue weighted by Gasteiger charge is 2.11. The minimum atomic E-state index is -0.215. The van der Waals surface area contributed by atoms with Gasteiger partial charge in [-0.15, -0.1) is 5.10 Å². The molecule has 0 aromatic carbocycles. The molecule has 6 nitrogen and oxygen atoms in total. The fourth-order valence-electron chi connectivity index (χ4n) is 1.50. The van der Waals surface area contributed by atoms with Gasteiger partial charge in [0, 0.05) is 19.5 Å². The van der Waals surface area contributed by atoms with Gasteiger partial charge in [-0.25, -0.2) is 4.98 Å². The second kappa shape index (κ2) is 7.01. The Hall–Kier alpha value is -1.43. The van der Waals surface area contributed by atoms with Gasteiger partial charge in [0.05, 0.1) is 0 Å². The van der Waals surface area contributed by atoms with Crippen LogP contribution >= 0.6 is 0 Å². The van der Waals surface area contributed by atoms with Crippen LogP contribution in [0, 0.1) is 0 Å².